The van der Waals surface area contributed by atoms with Crippen molar-refractivity contribution in [3.8, 4) is 0 Å². The first-order valence-corrected chi connectivity index (χ1v) is 5.99. The Bertz CT molecular complexity index is 644. The largest absolute Gasteiger partial charge is 0.507 e. The number of aliphatic hydroxyl groups excluding tert-OH is 4. The lowest BCUT2D eigenvalue weighted by molar-refractivity contribution is -0.0157. The monoisotopic (exact) mass is 288 g/mol. The summed E-state index contributed by atoms with van der Waals surface area (Å²) in [5.41, 5.74) is 17.6. The van der Waals surface area contributed by atoms with Gasteiger partial charge in [0.2, 0.25) is 0 Å². The van der Waals surface area contributed by atoms with Gasteiger partial charge in [0.15, 0.2) is 12.2 Å². The Balaban J connectivity index is 2.28. The maximum absolute atomic E-state index is 9.80. The van der Waals surface area contributed by atoms with E-state index in [1.54, 1.807) is 0 Å². The van der Waals surface area contributed by atoms with Crippen LogP contribution < -0.4 is 0 Å². The molecule has 0 aromatic rings. The molecule has 0 amide bonds. The standard InChI is InChI=1S/C13H12N4O4/c14-16-8-4-10(18)6(2-12(8)20)1-7-3-13(21)9(17-15)5-11(7)19/h2-5,12-13,18-21H,1H2. The van der Waals surface area contributed by atoms with Gasteiger partial charge in [-0.25, -0.2) is 0 Å². The molecule has 4 N–H and O–H groups in total. The highest BCUT2D eigenvalue weighted by Crippen LogP contribution is 2.27. The molecule has 0 aliphatic heterocycles. The molecule has 21 heavy (non-hydrogen) atoms. The number of hydrogen-bond donors (Lipinski definition) is 4. The summed E-state index contributed by atoms with van der Waals surface area (Å²) in [5.74, 6) is -0.448. The lowest BCUT2D eigenvalue weighted by Gasteiger charge is -2.16. The maximum atomic E-state index is 9.80. The molecule has 0 radical (unpaired) electrons. The van der Waals surface area contributed by atoms with Crippen LogP contribution in [0.5, 0.6) is 0 Å². The summed E-state index contributed by atoms with van der Waals surface area (Å²) in [6.45, 7) is 0. The molecule has 2 atom stereocenters. The van der Waals surface area contributed by atoms with Crippen LogP contribution in [0.15, 0.2) is 47.0 Å². The molecule has 8 heteroatoms. The molecule has 108 valence electrons. The number of allylic oxidation sites excluding steroid dienone is 2. The van der Waals surface area contributed by atoms with Gasteiger partial charge in [-0.1, -0.05) is 0 Å². The van der Waals surface area contributed by atoms with Crippen molar-refractivity contribution in [2.24, 2.45) is 0 Å². The predicted octanol–water partition coefficient (Wildman–Crippen LogP) is 0.204. The van der Waals surface area contributed by atoms with E-state index in [0.717, 1.165) is 12.2 Å². The van der Waals surface area contributed by atoms with E-state index in [1.807, 2.05) is 0 Å². The van der Waals surface area contributed by atoms with Crippen LogP contribution in [-0.4, -0.2) is 53.6 Å². The van der Waals surface area contributed by atoms with Gasteiger partial charge < -0.3 is 31.5 Å². The Morgan fingerprint density at radius 2 is 1.24 bits per heavy atom. The zero-order chi connectivity index (χ0) is 15.6. The molecule has 8 nitrogen and oxygen atoms in total. The minimum atomic E-state index is -1.18. The zero-order valence-electron chi connectivity index (χ0n) is 10.7. The van der Waals surface area contributed by atoms with Gasteiger partial charge in [0.05, 0.1) is 12.2 Å². The van der Waals surface area contributed by atoms with Gasteiger partial charge in [-0.05, 0) is 23.3 Å². The molecular formula is C13H12N4O4. The van der Waals surface area contributed by atoms with Gasteiger partial charge in [-0.3, -0.25) is 0 Å². The SMILES string of the molecule is [N-]=[N+]=C1C=C(O)C(CC2=CC(O)C(=[N+]=[N-])C=C2O)=CC1O. The Labute approximate surface area is 119 Å². The van der Waals surface area contributed by atoms with Crippen LogP contribution >= 0.6 is 0 Å². The number of aliphatic hydroxyl groups is 4. The fraction of sp³-hybridized carbons (Fsp3) is 0.231. The van der Waals surface area contributed by atoms with Crippen molar-refractivity contribution in [3.05, 3.63) is 58.0 Å². The zero-order valence-corrected chi connectivity index (χ0v) is 10.7. The van der Waals surface area contributed by atoms with Crippen molar-refractivity contribution >= 4 is 11.4 Å². The molecule has 2 aliphatic carbocycles. The van der Waals surface area contributed by atoms with E-state index in [9.17, 15) is 20.4 Å². The highest BCUT2D eigenvalue weighted by atomic mass is 16.3. The summed E-state index contributed by atoms with van der Waals surface area (Å²) in [7, 11) is 0. The molecule has 0 spiro atoms. The molecular weight excluding hydrogens is 276 g/mol. The van der Waals surface area contributed by atoms with E-state index in [-0.39, 0.29) is 40.5 Å². The second kappa shape index (κ2) is 5.70. The van der Waals surface area contributed by atoms with E-state index in [0.29, 0.717) is 0 Å². The first-order chi connectivity index (χ1) is 9.96. The number of nitrogens with zero attached hydrogens (tertiary/aromatic N) is 4. The lowest BCUT2D eigenvalue weighted by atomic mass is 9.91. The van der Waals surface area contributed by atoms with Gasteiger partial charge in [-0.2, -0.15) is 9.58 Å². The number of hydrogen-bond acceptors (Lipinski definition) is 4. The maximum Gasteiger partial charge on any atom is 0.327 e. The highest BCUT2D eigenvalue weighted by molar-refractivity contribution is 5.98. The van der Waals surface area contributed by atoms with E-state index >= 15 is 0 Å². The van der Waals surface area contributed by atoms with Crippen LogP contribution in [0.4, 0.5) is 0 Å². The Morgan fingerprint density at radius 3 is 1.57 bits per heavy atom. The first-order valence-electron chi connectivity index (χ1n) is 5.99. The summed E-state index contributed by atoms with van der Waals surface area (Å²) >= 11 is 0. The fourth-order valence-corrected chi connectivity index (χ4v) is 2.04. The molecule has 0 heterocycles. The first kappa shape index (κ1) is 14.6. The molecule has 2 unspecified atom stereocenters. The van der Waals surface area contributed by atoms with E-state index < -0.39 is 12.2 Å². The molecule has 0 aromatic carbocycles. The third kappa shape index (κ3) is 2.89. The van der Waals surface area contributed by atoms with Crippen LogP contribution in [0.3, 0.4) is 0 Å². The molecule has 0 saturated heterocycles. The van der Waals surface area contributed by atoms with Gasteiger partial charge in [0.1, 0.15) is 11.5 Å². The lowest BCUT2D eigenvalue weighted by Crippen LogP contribution is -2.24. The van der Waals surface area contributed by atoms with E-state index in [4.69, 9.17) is 11.1 Å². The van der Waals surface area contributed by atoms with Crippen LogP contribution in [0.2, 0.25) is 0 Å². The van der Waals surface area contributed by atoms with Crippen LogP contribution in [0, 0.1) is 0 Å². The average Bonchev–Trinajstić information content (AvgIpc) is 2.45. The smallest absolute Gasteiger partial charge is 0.327 e. The molecule has 2 aliphatic rings. The Morgan fingerprint density at radius 1 is 0.857 bits per heavy atom. The topological polar surface area (TPSA) is 154 Å². The summed E-state index contributed by atoms with van der Waals surface area (Å²) in [6.07, 6.45) is 2.38. The third-order valence-electron chi connectivity index (χ3n) is 3.16. The summed E-state index contributed by atoms with van der Waals surface area (Å²) in [5, 5.41) is 38.9. The van der Waals surface area contributed by atoms with Gasteiger partial charge in [-0.15, -0.1) is 0 Å². The van der Waals surface area contributed by atoms with Gasteiger partial charge >= 0.3 is 11.4 Å². The van der Waals surface area contributed by atoms with Crippen molar-refractivity contribution in [2.75, 3.05) is 0 Å². The van der Waals surface area contributed by atoms with Gasteiger partial charge in [0, 0.05) is 6.42 Å². The molecule has 0 saturated carbocycles. The van der Waals surface area contributed by atoms with Gasteiger partial charge in [0.25, 0.3) is 0 Å². The second-order valence-corrected chi connectivity index (χ2v) is 4.56. The summed E-state index contributed by atoms with van der Waals surface area (Å²) in [6, 6.07) is 0. The van der Waals surface area contributed by atoms with Crippen LogP contribution in [-0.2, 0) is 0 Å². The van der Waals surface area contributed by atoms with E-state index in [2.05, 4.69) is 9.58 Å². The highest BCUT2D eigenvalue weighted by Gasteiger charge is 2.29. The van der Waals surface area contributed by atoms with Crippen LogP contribution in [0.1, 0.15) is 6.42 Å². The van der Waals surface area contributed by atoms with Crippen molar-refractivity contribution in [2.45, 2.75) is 18.6 Å². The van der Waals surface area contributed by atoms with Crippen molar-refractivity contribution in [1.82, 2.24) is 0 Å². The Hall–Kier alpha value is -2.76. The van der Waals surface area contributed by atoms with Crippen LogP contribution in [0.25, 0.3) is 11.1 Å². The summed E-state index contributed by atoms with van der Waals surface area (Å²) < 4.78 is 0. The fourth-order valence-electron chi connectivity index (χ4n) is 2.04. The third-order valence-corrected chi connectivity index (χ3v) is 3.16. The molecule has 0 fully saturated rings. The van der Waals surface area contributed by atoms with E-state index in [1.165, 1.54) is 12.2 Å². The molecule has 2 rings (SSSR count). The second-order valence-electron chi connectivity index (χ2n) is 4.56. The summed E-state index contributed by atoms with van der Waals surface area (Å²) in [4.78, 5) is 5.67. The quantitative estimate of drug-likeness (QED) is 0.423. The van der Waals surface area contributed by atoms with Crippen molar-refractivity contribution in [3.63, 3.8) is 0 Å². The molecule has 0 bridgehead atoms. The minimum Gasteiger partial charge on any atom is -0.507 e. The Kier molecular flexibility index (Phi) is 3.98. The number of rotatable bonds is 2. The average molecular weight is 288 g/mol. The van der Waals surface area contributed by atoms with Crippen molar-refractivity contribution < 1.29 is 30.0 Å². The minimum absolute atomic E-state index is 0.0240. The normalized spacial score (nSPS) is 25.2. The molecule has 0 aromatic heterocycles. The predicted molar refractivity (Wildman–Crippen MR) is 71.5 cm³/mol. The van der Waals surface area contributed by atoms with Crippen molar-refractivity contribution in [1.29, 1.82) is 0 Å².